The van der Waals surface area contributed by atoms with E-state index in [2.05, 4.69) is 5.32 Å². The molecule has 0 aromatic heterocycles. The first-order chi connectivity index (χ1) is 14.8. The van der Waals surface area contributed by atoms with Gasteiger partial charge in [0.25, 0.3) is 17.5 Å². The Bertz CT molecular complexity index is 999. The molecule has 31 heavy (non-hydrogen) atoms. The Morgan fingerprint density at radius 1 is 1.06 bits per heavy atom. The van der Waals surface area contributed by atoms with Crippen molar-refractivity contribution in [1.82, 2.24) is 10.2 Å². The number of amides is 2. The quantitative estimate of drug-likeness (QED) is 0.560. The Hall–Kier alpha value is -3.62. The van der Waals surface area contributed by atoms with E-state index in [4.69, 9.17) is 9.47 Å². The Morgan fingerprint density at radius 3 is 2.26 bits per heavy atom. The zero-order chi connectivity index (χ0) is 22.5. The fraction of sp³-hybridized carbons (Fsp3) is 0.364. The van der Waals surface area contributed by atoms with E-state index in [1.807, 2.05) is 25.1 Å². The third-order valence-electron chi connectivity index (χ3n) is 5.44. The number of methoxy groups -OCH3 is 2. The number of piperidine rings is 1. The second kappa shape index (κ2) is 9.46. The summed E-state index contributed by atoms with van der Waals surface area (Å²) in [6.45, 7) is 2.64. The van der Waals surface area contributed by atoms with Crippen molar-refractivity contribution in [2.75, 3.05) is 27.3 Å². The number of aryl methyl sites for hydroxylation is 1. The largest absolute Gasteiger partial charge is 0.493 e. The first-order valence-electron chi connectivity index (χ1n) is 9.92. The van der Waals surface area contributed by atoms with Crippen molar-refractivity contribution in [2.24, 2.45) is 0 Å². The summed E-state index contributed by atoms with van der Waals surface area (Å²) in [7, 11) is 2.78. The number of nitrogens with zero attached hydrogens (tertiary/aromatic N) is 2. The number of benzene rings is 2. The molecule has 0 bridgehead atoms. The van der Waals surface area contributed by atoms with Crippen LogP contribution in [0.25, 0.3) is 0 Å². The van der Waals surface area contributed by atoms with Crippen LogP contribution in [0.2, 0.25) is 0 Å². The highest BCUT2D eigenvalue weighted by atomic mass is 16.6. The number of nitro groups is 1. The number of carbonyl (C=O) groups excluding carboxylic acids is 2. The number of ether oxygens (including phenoxy) is 2. The molecule has 0 radical (unpaired) electrons. The molecule has 0 atom stereocenters. The molecule has 1 aliphatic rings. The highest BCUT2D eigenvalue weighted by molar-refractivity contribution is 5.99. The van der Waals surface area contributed by atoms with Crippen molar-refractivity contribution in [3.63, 3.8) is 0 Å². The molecule has 1 N–H and O–H groups in total. The van der Waals surface area contributed by atoms with E-state index < -0.39 is 10.8 Å². The van der Waals surface area contributed by atoms with E-state index in [0.29, 0.717) is 31.5 Å². The number of nitro benzene ring substituents is 1. The fourth-order valence-corrected chi connectivity index (χ4v) is 3.68. The van der Waals surface area contributed by atoms with Crippen LogP contribution in [0, 0.1) is 17.0 Å². The van der Waals surface area contributed by atoms with Crippen molar-refractivity contribution in [2.45, 2.75) is 25.8 Å². The molecule has 1 saturated heterocycles. The number of carbonyl (C=O) groups is 2. The monoisotopic (exact) mass is 427 g/mol. The topological polar surface area (TPSA) is 111 Å². The summed E-state index contributed by atoms with van der Waals surface area (Å²) in [5.41, 5.74) is 1.14. The van der Waals surface area contributed by atoms with E-state index in [0.717, 1.165) is 5.56 Å². The Labute approximate surface area is 180 Å². The number of hydrogen-bond acceptors (Lipinski definition) is 6. The van der Waals surface area contributed by atoms with Crippen LogP contribution in [-0.2, 0) is 0 Å². The number of rotatable bonds is 6. The first-order valence-corrected chi connectivity index (χ1v) is 9.92. The first kappa shape index (κ1) is 22.1. The van der Waals surface area contributed by atoms with Gasteiger partial charge in [0.2, 0.25) is 0 Å². The Balaban J connectivity index is 1.70. The van der Waals surface area contributed by atoms with Crippen molar-refractivity contribution in [3.8, 4) is 11.5 Å². The zero-order valence-corrected chi connectivity index (χ0v) is 17.7. The molecule has 0 aliphatic carbocycles. The molecule has 9 nitrogen and oxygen atoms in total. The molecule has 2 aromatic carbocycles. The average Bonchev–Trinajstić information content (AvgIpc) is 2.78. The number of hydrogen-bond donors (Lipinski definition) is 1. The molecule has 2 amide bonds. The van der Waals surface area contributed by atoms with Crippen molar-refractivity contribution < 1.29 is 24.0 Å². The van der Waals surface area contributed by atoms with Crippen molar-refractivity contribution in [3.05, 3.63) is 63.2 Å². The third-order valence-corrected chi connectivity index (χ3v) is 5.44. The highest BCUT2D eigenvalue weighted by Crippen LogP contribution is 2.35. The van der Waals surface area contributed by atoms with E-state index in [1.54, 1.807) is 11.0 Å². The average molecular weight is 427 g/mol. The van der Waals surface area contributed by atoms with Crippen LogP contribution in [0.1, 0.15) is 39.1 Å². The minimum absolute atomic E-state index is 0.0509. The van der Waals surface area contributed by atoms with Crippen LogP contribution >= 0.6 is 0 Å². The molecule has 1 aliphatic heterocycles. The lowest BCUT2D eigenvalue weighted by Gasteiger charge is -2.32. The lowest BCUT2D eigenvalue weighted by atomic mass is 10.0. The number of nitrogens with one attached hydrogen (secondary N) is 1. The van der Waals surface area contributed by atoms with E-state index in [-0.39, 0.29) is 34.7 Å². The normalized spacial score (nSPS) is 14.1. The van der Waals surface area contributed by atoms with Crippen LogP contribution in [0.5, 0.6) is 11.5 Å². The summed E-state index contributed by atoms with van der Waals surface area (Å²) in [5, 5.41) is 14.5. The smallest absolute Gasteiger partial charge is 0.286 e. The summed E-state index contributed by atoms with van der Waals surface area (Å²) in [4.78, 5) is 38.0. The molecule has 1 fully saturated rings. The fourth-order valence-electron chi connectivity index (χ4n) is 3.68. The molecule has 2 aromatic rings. The summed E-state index contributed by atoms with van der Waals surface area (Å²) in [6, 6.07) is 9.82. The second-order valence-electron chi connectivity index (χ2n) is 7.34. The SMILES string of the molecule is COc1cc(C(=O)N2CCC(NC(=O)c3ccccc3C)CC2)c([N+](=O)[O-])cc1OC. The van der Waals surface area contributed by atoms with Crippen LogP contribution in [0.3, 0.4) is 0 Å². The highest BCUT2D eigenvalue weighted by Gasteiger charge is 2.31. The Kier molecular flexibility index (Phi) is 6.74. The number of likely N-dealkylation sites (tertiary alicyclic amines) is 1. The minimum atomic E-state index is -0.607. The molecule has 164 valence electrons. The van der Waals surface area contributed by atoms with Gasteiger partial charge >= 0.3 is 0 Å². The van der Waals surface area contributed by atoms with Gasteiger partial charge in [-0.15, -0.1) is 0 Å². The molecular formula is C22H25N3O6. The molecule has 0 unspecified atom stereocenters. The maximum Gasteiger partial charge on any atom is 0.286 e. The van der Waals surface area contributed by atoms with Gasteiger partial charge in [-0.2, -0.15) is 0 Å². The molecule has 0 saturated carbocycles. The van der Waals surface area contributed by atoms with Gasteiger partial charge in [-0.05, 0) is 31.4 Å². The standard InChI is InChI=1S/C22H25N3O6/c1-14-6-4-5-7-16(14)21(26)23-15-8-10-24(11-9-15)22(27)17-12-19(30-2)20(31-3)13-18(17)25(28)29/h4-7,12-13,15H,8-11H2,1-3H3,(H,23,26). The molecule has 9 heteroatoms. The van der Waals surface area contributed by atoms with Gasteiger partial charge in [-0.3, -0.25) is 19.7 Å². The van der Waals surface area contributed by atoms with E-state index >= 15 is 0 Å². The van der Waals surface area contributed by atoms with Gasteiger partial charge in [0, 0.05) is 30.8 Å². The van der Waals surface area contributed by atoms with Gasteiger partial charge in [0.05, 0.1) is 25.2 Å². The lowest BCUT2D eigenvalue weighted by molar-refractivity contribution is -0.385. The van der Waals surface area contributed by atoms with Gasteiger partial charge in [0.15, 0.2) is 11.5 Å². The van der Waals surface area contributed by atoms with Gasteiger partial charge < -0.3 is 19.7 Å². The third kappa shape index (κ3) is 4.76. The summed E-state index contributed by atoms with van der Waals surface area (Å²) < 4.78 is 10.3. The van der Waals surface area contributed by atoms with Gasteiger partial charge in [-0.1, -0.05) is 18.2 Å². The summed E-state index contributed by atoms with van der Waals surface area (Å²) >= 11 is 0. The van der Waals surface area contributed by atoms with Crippen molar-refractivity contribution in [1.29, 1.82) is 0 Å². The minimum Gasteiger partial charge on any atom is -0.493 e. The molecule has 3 rings (SSSR count). The summed E-state index contributed by atoms with van der Waals surface area (Å²) in [6.07, 6.45) is 1.12. The van der Waals surface area contributed by atoms with E-state index in [9.17, 15) is 19.7 Å². The molecule has 0 spiro atoms. The van der Waals surface area contributed by atoms with Crippen molar-refractivity contribution >= 4 is 17.5 Å². The second-order valence-corrected chi connectivity index (χ2v) is 7.34. The Morgan fingerprint density at radius 2 is 1.68 bits per heavy atom. The predicted octanol–water partition coefficient (Wildman–Crippen LogP) is 2.96. The maximum atomic E-state index is 13.0. The lowest BCUT2D eigenvalue weighted by Crippen LogP contribution is -2.46. The van der Waals surface area contributed by atoms with Gasteiger partial charge in [-0.25, -0.2) is 0 Å². The summed E-state index contributed by atoms with van der Waals surface area (Å²) in [5.74, 6) is -0.157. The van der Waals surface area contributed by atoms with Crippen LogP contribution in [0.4, 0.5) is 5.69 Å². The van der Waals surface area contributed by atoms with Crippen LogP contribution < -0.4 is 14.8 Å². The van der Waals surface area contributed by atoms with Crippen LogP contribution in [0.15, 0.2) is 36.4 Å². The van der Waals surface area contributed by atoms with Gasteiger partial charge in [0.1, 0.15) is 5.56 Å². The van der Waals surface area contributed by atoms with Crippen LogP contribution in [-0.4, -0.2) is 55.0 Å². The maximum absolute atomic E-state index is 13.0. The zero-order valence-electron chi connectivity index (χ0n) is 17.7. The predicted molar refractivity (Wildman–Crippen MR) is 114 cm³/mol. The molecule has 1 heterocycles. The van der Waals surface area contributed by atoms with E-state index in [1.165, 1.54) is 26.4 Å². The molecular weight excluding hydrogens is 402 g/mol.